The highest BCUT2D eigenvalue weighted by atomic mass is 19.1. The van der Waals surface area contributed by atoms with Crippen LogP contribution < -0.4 is 5.32 Å². The third-order valence-corrected chi connectivity index (χ3v) is 4.53. The van der Waals surface area contributed by atoms with Crippen molar-refractivity contribution in [2.45, 2.75) is 31.8 Å². The van der Waals surface area contributed by atoms with Gasteiger partial charge in [-0.05, 0) is 43.9 Å². The van der Waals surface area contributed by atoms with Crippen molar-refractivity contribution in [3.8, 4) is 6.07 Å². The molecule has 0 bridgehead atoms. The van der Waals surface area contributed by atoms with Gasteiger partial charge >= 0.3 is 0 Å². The molecule has 5 heteroatoms. The number of rotatable bonds is 4. The van der Waals surface area contributed by atoms with Gasteiger partial charge in [-0.15, -0.1) is 0 Å². The number of nitriles is 1. The highest BCUT2D eigenvalue weighted by Gasteiger charge is 2.37. The summed E-state index contributed by atoms with van der Waals surface area (Å²) in [6, 6.07) is 5.01. The SMILES string of the molecule is COC1(CNc2c(C#N)cnc3c(C)cc(F)cc23)CCC1. The highest BCUT2D eigenvalue weighted by Crippen LogP contribution is 2.36. The fourth-order valence-electron chi connectivity index (χ4n) is 2.99. The van der Waals surface area contributed by atoms with E-state index in [2.05, 4.69) is 16.4 Å². The first-order valence-electron chi connectivity index (χ1n) is 7.36. The van der Waals surface area contributed by atoms with Gasteiger partial charge < -0.3 is 10.1 Å². The molecule has 22 heavy (non-hydrogen) atoms. The van der Waals surface area contributed by atoms with Crippen molar-refractivity contribution in [3.63, 3.8) is 0 Å². The van der Waals surface area contributed by atoms with Crippen molar-refractivity contribution in [2.24, 2.45) is 0 Å². The summed E-state index contributed by atoms with van der Waals surface area (Å²) in [5, 5.41) is 13.3. The Kier molecular flexibility index (Phi) is 3.71. The molecule has 0 radical (unpaired) electrons. The summed E-state index contributed by atoms with van der Waals surface area (Å²) in [5.74, 6) is -0.324. The van der Waals surface area contributed by atoms with Gasteiger partial charge in [-0.3, -0.25) is 4.98 Å². The van der Waals surface area contributed by atoms with Crippen LogP contribution in [0.15, 0.2) is 18.3 Å². The molecule has 0 atom stereocenters. The molecule has 0 spiro atoms. The molecule has 1 aromatic carbocycles. The second-order valence-corrected chi connectivity index (χ2v) is 5.87. The molecule has 3 rings (SSSR count). The van der Waals surface area contributed by atoms with Gasteiger partial charge in [-0.1, -0.05) is 0 Å². The van der Waals surface area contributed by atoms with Crippen LogP contribution in [-0.2, 0) is 4.74 Å². The zero-order valence-corrected chi connectivity index (χ0v) is 12.7. The van der Waals surface area contributed by atoms with Crippen LogP contribution in [-0.4, -0.2) is 24.2 Å². The summed E-state index contributed by atoms with van der Waals surface area (Å²) in [4.78, 5) is 4.29. The highest BCUT2D eigenvalue weighted by molar-refractivity contribution is 5.95. The number of aryl methyl sites for hydroxylation is 1. The van der Waals surface area contributed by atoms with E-state index < -0.39 is 0 Å². The number of halogens is 1. The molecular weight excluding hydrogens is 281 g/mol. The number of fused-ring (bicyclic) bond motifs is 1. The molecule has 1 aliphatic rings. The average molecular weight is 299 g/mol. The number of hydrogen-bond acceptors (Lipinski definition) is 4. The lowest BCUT2D eigenvalue weighted by atomic mass is 9.80. The quantitative estimate of drug-likeness (QED) is 0.938. The number of ether oxygens (including phenoxy) is 1. The summed E-state index contributed by atoms with van der Waals surface area (Å²) >= 11 is 0. The zero-order valence-electron chi connectivity index (χ0n) is 12.7. The molecule has 1 heterocycles. The number of methoxy groups -OCH3 is 1. The Morgan fingerprint density at radius 1 is 1.45 bits per heavy atom. The van der Waals surface area contributed by atoms with Crippen LogP contribution in [0.4, 0.5) is 10.1 Å². The van der Waals surface area contributed by atoms with Crippen LogP contribution in [0.3, 0.4) is 0 Å². The van der Waals surface area contributed by atoms with Crippen molar-refractivity contribution in [2.75, 3.05) is 19.0 Å². The Bertz CT molecular complexity index is 757. The van der Waals surface area contributed by atoms with Gasteiger partial charge in [0.15, 0.2) is 0 Å². The lowest BCUT2D eigenvalue weighted by molar-refractivity contribution is -0.0601. The largest absolute Gasteiger partial charge is 0.380 e. The van der Waals surface area contributed by atoms with Crippen molar-refractivity contribution in [3.05, 3.63) is 35.3 Å². The van der Waals surface area contributed by atoms with E-state index in [0.717, 1.165) is 24.8 Å². The van der Waals surface area contributed by atoms with Gasteiger partial charge in [0.2, 0.25) is 0 Å². The number of hydrogen-bond donors (Lipinski definition) is 1. The van der Waals surface area contributed by atoms with Gasteiger partial charge in [0.1, 0.15) is 11.9 Å². The topological polar surface area (TPSA) is 57.9 Å². The van der Waals surface area contributed by atoms with Crippen LogP contribution in [0, 0.1) is 24.1 Å². The van der Waals surface area contributed by atoms with E-state index in [-0.39, 0.29) is 11.4 Å². The maximum atomic E-state index is 13.8. The van der Waals surface area contributed by atoms with E-state index in [1.165, 1.54) is 18.3 Å². The normalized spacial score (nSPS) is 16.1. The van der Waals surface area contributed by atoms with Crippen LogP contribution in [0.2, 0.25) is 0 Å². The van der Waals surface area contributed by atoms with Crippen molar-refractivity contribution < 1.29 is 9.13 Å². The fraction of sp³-hybridized carbons (Fsp3) is 0.412. The first-order valence-corrected chi connectivity index (χ1v) is 7.36. The zero-order chi connectivity index (χ0) is 15.7. The Hall–Kier alpha value is -2.19. The van der Waals surface area contributed by atoms with Crippen molar-refractivity contribution in [1.82, 2.24) is 4.98 Å². The van der Waals surface area contributed by atoms with Gasteiger partial charge in [-0.25, -0.2) is 4.39 Å². The number of aromatic nitrogens is 1. The number of nitrogens with zero attached hydrogens (tertiary/aromatic N) is 2. The third kappa shape index (κ3) is 2.40. The molecule has 114 valence electrons. The molecular formula is C17H18FN3O. The van der Waals surface area contributed by atoms with Gasteiger partial charge in [0, 0.05) is 25.2 Å². The lowest BCUT2D eigenvalue weighted by Gasteiger charge is -2.40. The number of pyridine rings is 1. The van der Waals surface area contributed by atoms with Crippen LogP contribution in [0.1, 0.15) is 30.4 Å². The predicted molar refractivity (Wildman–Crippen MR) is 83.2 cm³/mol. The van der Waals surface area contributed by atoms with E-state index in [4.69, 9.17) is 4.74 Å². The Labute approximate surface area is 128 Å². The summed E-state index contributed by atoms with van der Waals surface area (Å²) < 4.78 is 19.4. The first-order chi connectivity index (χ1) is 10.6. The number of nitrogens with one attached hydrogen (secondary N) is 1. The van der Waals surface area contributed by atoms with E-state index in [9.17, 15) is 9.65 Å². The predicted octanol–water partition coefficient (Wildman–Crippen LogP) is 3.54. The smallest absolute Gasteiger partial charge is 0.124 e. The summed E-state index contributed by atoms with van der Waals surface area (Å²) in [6.07, 6.45) is 4.67. The molecule has 1 aromatic heterocycles. The lowest BCUT2D eigenvalue weighted by Crippen LogP contribution is -2.45. The fourth-order valence-corrected chi connectivity index (χ4v) is 2.99. The van der Waals surface area contributed by atoms with Crippen molar-refractivity contribution in [1.29, 1.82) is 5.26 Å². The van der Waals surface area contributed by atoms with Crippen molar-refractivity contribution >= 4 is 16.6 Å². The summed E-state index contributed by atoms with van der Waals surface area (Å²) in [7, 11) is 1.71. The second-order valence-electron chi connectivity index (χ2n) is 5.87. The van der Waals surface area contributed by atoms with Crippen LogP contribution >= 0.6 is 0 Å². The van der Waals surface area contributed by atoms with E-state index in [1.807, 2.05) is 6.92 Å². The van der Waals surface area contributed by atoms with Crippen LogP contribution in [0.25, 0.3) is 10.9 Å². The molecule has 1 fully saturated rings. The molecule has 1 saturated carbocycles. The molecule has 4 nitrogen and oxygen atoms in total. The summed E-state index contributed by atoms with van der Waals surface area (Å²) in [6.45, 7) is 2.42. The van der Waals surface area contributed by atoms with Gasteiger partial charge in [0.05, 0.1) is 22.4 Å². The molecule has 0 unspecified atom stereocenters. The Morgan fingerprint density at radius 2 is 2.23 bits per heavy atom. The molecule has 0 aliphatic heterocycles. The van der Waals surface area contributed by atoms with Gasteiger partial charge in [0.25, 0.3) is 0 Å². The minimum absolute atomic E-state index is 0.176. The molecule has 0 amide bonds. The molecule has 0 saturated heterocycles. The Balaban J connectivity index is 2.04. The first kappa shape index (κ1) is 14.7. The number of anilines is 1. The maximum absolute atomic E-state index is 13.8. The number of benzene rings is 1. The standard InChI is InChI=1S/C17H18FN3O/c1-11-6-13(18)7-14-15(11)20-9-12(8-19)16(14)21-10-17(22-2)4-3-5-17/h6-7,9H,3-5,10H2,1-2H3,(H,20,21). The van der Waals surface area contributed by atoms with E-state index in [0.29, 0.717) is 28.7 Å². The average Bonchev–Trinajstić information content (AvgIpc) is 2.46. The molecule has 2 aromatic rings. The molecule has 1 N–H and O–H groups in total. The maximum Gasteiger partial charge on any atom is 0.124 e. The van der Waals surface area contributed by atoms with Gasteiger partial charge in [-0.2, -0.15) is 5.26 Å². The van der Waals surface area contributed by atoms with Crippen LogP contribution in [0.5, 0.6) is 0 Å². The van der Waals surface area contributed by atoms with E-state index in [1.54, 1.807) is 7.11 Å². The molecule has 1 aliphatic carbocycles. The minimum Gasteiger partial charge on any atom is -0.380 e. The minimum atomic E-state index is -0.324. The monoisotopic (exact) mass is 299 g/mol. The Morgan fingerprint density at radius 3 is 2.82 bits per heavy atom. The van der Waals surface area contributed by atoms with E-state index >= 15 is 0 Å². The second kappa shape index (κ2) is 5.54. The third-order valence-electron chi connectivity index (χ3n) is 4.53. The summed E-state index contributed by atoms with van der Waals surface area (Å²) in [5.41, 5.74) is 2.35.